The largest absolute Gasteiger partial charge is 0.396 e. The smallest absolute Gasteiger partial charge is 0.251 e. The van der Waals surface area contributed by atoms with Gasteiger partial charge >= 0.3 is 0 Å². The van der Waals surface area contributed by atoms with Crippen LogP contribution in [0.25, 0.3) is 0 Å². The molecule has 0 spiro atoms. The van der Waals surface area contributed by atoms with Gasteiger partial charge in [-0.25, -0.2) is 0 Å². The molecule has 2 aromatic carbocycles. The second-order valence-corrected chi connectivity index (χ2v) is 10.7. The normalized spacial score (nSPS) is 21.4. The van der Waals surface area contributed by atoms with Gasteiger partial charge in [0.25, 0.3) is 5.91 Å². The van der Waals surface area contributed by atoms with Gasteiger partial charge in [0.1, 0.15) is 0 Å². The van der Waals surface area contributed by atoms with E-state index < -0.39 is 0 Å². The number of hydrogen-bond donors (Lipinski definition) is 2. The van der Waals surface area contributed by atoms with Crippen molar-refractivity contribution in [2.75, 3.05) is 26.9 Å². The molecule has 6 heteroatoms. The maximum absolute atomic E-state index is 12.7. The number of amides is 1. The first-order valence-electron chi connectivity index (χ1n) is 13.7. The molecule has 1 aliphatic carbocycles. The van der Waals surface area contributed by atoms with Gasteiger partial charge < -0.3 is 15.2 Å². The first-order chi connectivity index (χ1) is 18.5. The molecule has 4 rings (SSSR count). The molecule has 2 aromatic rings. The second-order valence-electron chi connectivity index (χ2n) is 10.3. The Bertz CT molecular complexity index is 1200. The van der Waals surface area contributed by atoms with Gasteiger partial charge in [-0.2, -0.15) is 0 Å². The Morgan fingerprint density at radius 3 is 2.74 bits per heavy atom. The van der Waals surface area contributed by atoms with Gasteiger partial charge in [0, 0.05) is 36.6 Å². The van der Waals surface area contributed by atoms with Crippen LogP contribution < -0.4 is 5.32 Å². The van der Waals surface area contributed by atoms with Gasteiger partial charge in [0.05, 0.1) is 12.3 Å². The Kier molecular flexibility index (Phi) is 10.3. The van der Waals surface area contributed by atoms with E-state index in [1.165, 1.54) is 16.7 Å². The number of carbonyl (C=O) groups excluding carboxylic acids is 1. The molecule has 2 atom stereocenters. The lowest BCUT2D eigenvalue weighted by Gasteiger charge is -2.21. The maximum Gasteiger partial charge on any atom is 0.251 e. The number of ether oxygens (including phenoxy) is 1. The minimum absolute atomic E-state index is 0.0704. The van der Waals surface area contributed by atoms with E-state index in [1.54, 1.807) is 7.11 Å². The standard InChI is InChI=1S/C32H39ClN2O3/c1-22-7-16-28(31-6-4-3-5-30(35-31)25-12-14-27(33)15-13-25)24(17-19-36)9-8-23-10-11-26(21-29(22)23)32(37)34-18-20-38-2/h6,10-16,21-22,24,36H,3-5,7-9,17-20H2,1-2H3,(H,34,37)/b28-16-. The van der Waals surface area contributed by atoms with E-state index in [1.807, 2.05) is 18.2 Å². The molecule has 2 N–H and O–H groups in total. The van der Waals surface area contributed by atoms with Crippen LogP contribution in [0, 0.1) is 5.92 Å². The molecule has 5 nitrogen and oxygen atoms in total. The van der Waals surface area contributed by atoms with E-state index in [0.717, 1.165) is 60.5 Å². The highest BCUT2D eigenvalue weighted by molar-refractivity contribution is 6.30. The fourth-order valence-corrected chi connectivity index (χ4v) is 5.56. The SMILES string of the molecule is COCCNC(=O)c1ccc2c(c1)C(C)C/C=C(\C1=CCCCC(c3ccc(Cl)cc3)=N1)C(CCO)CC2. The molecule has 0 fully saturated rings. The van der Waals surface area contributed by atoms with Crippen LogP contribution in [0.2, 0.25) is 5.02 Å². The average Bonchev–Trinajstić information content (AvgIpc) is 3.15. The van der Waals surface area contributed by atoms with Gasteiger partial charge in [-0.05, 0) is 103 Å². The summed E-state index contributed by atoms with van der Waals surface area (Å²) in [4.78, 5) is 17.9. The average molecular weight is 535 g/mol. The van der Waals surface area contributed by atoms with Crippen LogP contribution in [0.15, 0.2) is 70.9 Å². The lowest BCUT2D eigenvalue weighted by Crippen LogP contribution is -2.27. The molecule has 0 saturated carbocycles. The number of allylic oxidation sites excluding steroid dienone is 3. The molecule has 1 amide bonds. The molecule has 38 heavy (non-hydrogen) atoms. The molecule has 0 radical (unpaired) electrons. The number of aliphatic hydroxyl groups is 1. The molecule has 202 valence electrons. The summed E-state index contributed by atoms with van der Waals surface area (Å²) in [6.45, 7) is 3.36. The van der Waals surface area contributed by atoms with Crippen molar-refractivity contribution in [2.45, 2.75) is 57.8 Å². The molecule has 1 heterocycles. The highest BCUT2D eigenvalue weighted by Gasteiger charge is 2.24. The highest BCUT2D eigenvalue weighted by atomic mass is 35.5. The third kappa shape index (κ3) is 7.22. The number of hydrogen-bond acceptors (Lipinski definition) is 4. The van der Waals surface area contributed by atoms with Gasteiger partial charge in [-0.1, -0.05) is 48.9 Å². The van der Waals surface area contributed by atoms with Gasteiger partial charge in [0.15, 0.2) is 0 Å². The van der Waals surface area contributed by atoms with E-state index in [0.29, 0.717) is 25.1 Å². The van der Waals surface area contributed by atoms with E-state index >= 15 is 0 Å². The Hall–Kier alpha value is -2.73. The number of rotatable bonds is 8. The van der Waals surface area contributed by atoms with Crippen LogP contribution in [-0.4, -0.2) is 43.6 Å². The van der Waals surface area contributed by atoms with Crippen LogP contribution in [0.1, 0.15) is 78.4 Å². The van der Waals surface area contributed by atoms with Crippen LogP contribution in [-0.2, 0) is 11.2 Å². The molecule has 2 unspecified atom stereocenters. The van der Waals surface area contributed by atoms with E-state index in [2.05, 4.69) is 48.7 Å². The van der Waals surface area contributed by atoms with Crippen molar-refractivity contribution in [3.8, 4) is 0 Å². The van der Waals surface area contributed by atoms with Crippen LogP contribution in [0.4, 0.5) is 0 Å². The Balaban J connectivity index is 1.64. The third-order valence-corrected chi connectivity index (χ3v) is 7.84. The van der Waals surface area contributed by atoms with E-state index in [-0.39, 0.29) is 24.3 Å². The van der Waals surface area contributed by atoms with Crippen LogP contribution in [0.5, 0.6) is 0 Å². The molecular weight excluding hydrogens is 496 g/mol. The highest BCUT2D eigenvalue weighted by Crippen LogP contribution is 2.36. The second kappa shape index (κ2) is 13.9. The summed E-state index contributed by atoms with van der Waals surface area (Å²) in [7, 11) is 1.63. The van der Waals surface area contributed by atoms with Gasteiger partial charge in [0.2, 0.25) is 0 Å². The zero-order valence-corrected chi connectivity index (χ0v) is 23.3. The van der Waals surface area contributed by atoms with Crippen LogP contribution in [0.3, 0.4) is 0 Å². The molecule has 2 aliphatic rings. The van der Waals surface area contributed by atoms with Crippen molar-refractivity contribution in [1.29, 1.82) is 0 Å². The first-order valence-corrected chi connectivity index (χ1v) is 14.1. The number of fused-ring (bicyclic) bond motifs is 1. The molecule has 0 saturated heterocycles. The number of halogens is 1. The number of aryl methyl sites for hydroxylation is 1. The van der Waals surface area contributed by atoms with Gasteiger partial charge in [-0.15, -0.1) is 0 Å². The zero-order chi connectivity index (χ0) is 26.9. The summed E-state index contributed by atoms with van der Waals surface area (Å²) in [5.74, 6) is 0.402. The number of methoxy groups -OCH3 is 1. The summed E-state index contributed by atoms with van der Waals surface area (Å²) < 4.78 is 5.06. The molecular formula is C32H39ClN2O3. The third-order valence-electron chi connectivity index (χ3n) is 7.59. The fourth-order valence-electron chi connectivity index (χ4n) is 5.43. The maximum atomic E-state index is 12.7. The summed E-state index contributed by atoms with van der Waals surface area (Å²) in [5.41, 5.74) is 7.68. The lowest BCUT2D eigenvalue weighted by molar-refractivity contribution is 0.0937. The van der Waals surface area contributed by atoms with Crippen molar-refractivity contribution in [2.24, 2.45) is 10.9 Å². The predicted octanol–water partition coefficient (Wildman–Crippen LogP) is 6.64. The monoisotopic (exact) mass is 534 g/mol. The minimum Gasteiger partial charge on any atom is -0.396 e. The minimum atomic E-state index is -0.0704. The summed E-state index contributed by atoms with van der Waals surface area (Å²) in [6, 6.07) is 14.0. The Labute approximate surface area is 231 Å². The first kappa shape index (κ1) is 28.3. The molecule has 0 aromatic heterocycles. The topological polar surface area (TPSA) is 70.9 Å². The van der Waals surface area contributed by atoms with Crippen LogP contribution >= 0.6 is 11.6 Å². The van der Waals surface area contributed by atoms with Crippen molar-refractivity contribution >= 4 is 23.2 Å². The number of nitrogens with one attached hydrogen (secondary N) is 1. The zero-order valence-electron chi connectivity index (χ0n) is 22.5. The quantitative estimate of drug-likeness (QED) is 0.373. The van der Waals surface area contributed by atoms with Gasteiger partial charge in [-0.3, -0.25) is 9.79 Å². The van der Waals surface area contributed by atoms with Crippen molar-refractivity contribution in [1.82, 2.24) is 5.32 Å². The summed E-state index contributed by atoms with van der Waals surface area (Å²) >= 11 is 6.13. The van der Waals surface area contributed by atoms with Crippen molar-refractivity contribution in [3.63, 3.8) is 0 Å². The molecule has 1 aliphatic heterocycles. The Morgan fingerprint density at radius 2 is 1.97 bits per heavy atom. The molecule has 0 bridgehead atoms. The Morgan fingerprint density at radius 1 is 1.16 bits per heavy atom. The lowest BCUT2D eigenvalue weighted by atomic mass is 9.87. The van der Waals surface area contributed by atoms with E-state index in [4.69, 9.17) is 21.3 Å². The number of benzene rings is 2. The van der Waals surface area contributed by atoms with E-state index in [9.17, 15) is 9.90 Å². The number of carbonyl (C=O) groups is 1. The number of aliphatic hydroxyl groups excluding tert-OH is 1. The predicted molar refractivity (Wildman–Crippen MR) is 155 cm³/mol. The summed E-state index contributed by atoms with van der Waals surface area (Å²) in [5, 5.41) is 13.6. The summed E-state index contributed by atoms with van der Waals surface area (Å²) in [6.07, 6.45) is 11.0. The van der Waals surface area contributed by atoms with Crippen molar-refractivity contribution in [3.05, 3.63) is 93.2 Å². The number of nitrogens with zero attached hydrogens (tertiary/aromatic N) is 1. The number of aliphatic imine (C=N–C) groups is 1. The van der Waals surface area contributed by atoms with Crippen molar-refractivity contribution < 1.29 is 14.6 Å². The fraction of sp³-hybridized carbons (Fsp3) is 0.438.